The zero-order chi connectivity index (χ0) is 19.5. The maximum absolute atomic E-state index is 12.5. The predicted molar refractivity (Wildman–Crippen MR) is 98.4 cm³/mol. The van der Waals surface area contributed by atoms with Crippen molar-refractivity contribution in [2.24, 2.45) is 0 Å². The number of rotatable bonds is 7. The average Bonchev–Trinajstić information content (AvgIpc) is 2.94. The molecule has 2 aromatic rings. The molecule has 26 heavy (non-hydrogen) atoms. The largest absolute Gasteiger partial charge is 0.361 e. The maximum Gasteiger partial charge on any atom is 0.257 e. The van der Waals surface area contributed by atoms with Crippen LogP contribution < -0.4 is 5.32 Å². The van der Waals surface area contributed by atoms with E-state index in [1.165, 1.54) is 4.31 Å². The molecule has 1 aromatic carbocycles. The second kappa shape index (κ2) is 8.01. The Morgan fingerprint density at radius 3 is 2.23 bits per heavy atom. The SMILES string of the molecule is CCN(CC)S(=O)(=O)c1ccc([C@@H](C)NC(=O)c2c(C)noc2C)cc1. The third-order valence-corrected chi connectivity index (χ3v) is 6.40. The van der Waals surface area contributed by atoms with Gasteiger partial charge in [0.25, 0.3) is 5.91 Å². The van der Waals surface area contributed by atoms with Crippen LogP contribution in [-0.2, 0) is 10.0 Å². The molecule has 1 N–H and O–H groups in total. The van der Waals surface area contributed by atoms with Gasteiger partial charge in [0.05, 0.1) is 16.6 Å². The van der Waals surface area contributed by atoms with Crippen molar-refractivity contribution >= 4 is 15.9 Å². The number of hydrogen-bond donors (Lipinski definition) is 1. The number of aryl methyl sites for hydroxylation is 2. The summed E-state index contributed by atoms with van der Waals surface area (Å²) in [6.45, 7) is 9.69. The number of nitrogens with one attached hydrogen (secondary N) is 1. The molecule has 1 amide bonds. The van der Waals surface area contributed by atoms with Gasteiger partial charge in [-0.1, -0.05) is 31.1 Å². The van der Waals surface area contributed by atoms with Gasteiger partial charge in [-0.2, -0.15) is 4.31 Å². The number of carbonyl (C=O) groups is 1. The predicted octanol–water partition coefficient (Wildman–Crippen LogP) is 2.81. The van der Waals surface area contributed by atoms with Crippen LogP contribution in [-0.4, -0.2) is 36.9 Å². The molecule has 1 heterocycles. The van der Waals surface area contributed by atoms with E-state index in [4.69, 9.17) is 4.52 Å². The van der Waals surface area contributed by atoms with Gasteiger partial charge in [0, 0.05) is 13.1 Å². The van der Waals surface area contributed by atoms with Gasteiger partial charge in [-0.25, -0.2) is 8.42 Å². The van der Waals surface area contributed by atoms with E-state index in [1.807, 2.05) is 20.8 Å². The molecule has 1 aromatic heterocycles. The highest BCUT2D eigenvalue weighted by Crippen LogP contribution is 2.20. The van der Waals surface area contributed by atoms with Gasteiger partial charge in [-0.3, -0.25) is 4.79 Å². The second-order valence-corrected chi connectivity index (χ2v) is 7.99. The number of hydrogen-bond acceptors (Lipinski definition) is 5. The van der Waals surface area contributed by atoms with Crippen LogP contribution in [0.3, 0.4) is 0 Å². The van der Waals surface area contributed by atoms with Crippen molar-refractivity contribution < 1.29 is 17.7 Å². The van der Waals surface area contributed by atoms with Crippen molar-refractivity contribution in [2.75, 3.05) is 13.1 Å². The van der Waals surface area contributed by atoms with Crippen LogP contribution in [0.25, 0.3) is 0 Å². The lowest BCUT2D eigenvalue weighted by atomic mass is 10.1. The molecule has 0 spiro atoms. The van der Waals surface area contributed by atoms with Crippen LogP contribution in [0.15, 0.2) is 33.7 Å². The average molecular weight is 379 g/mol. The van der Waals surface area contributed by atoms with E-state index in [0.717, 1.165) is 5.56 Å². The zero-order valence-corrected chi connectivity index (χ0v) is 16.6. The monoisotopic (exact) mass is 379 g/mol. The minimum Gasteiger partial charge on any atom is -0.361 e. The Morgan fingerprint density at radius 1 is 1.19 bits per heavy atom. The van der Waals surface area contributed by atoms with Gasteiger partial charge in [-0.05, 0) is 38.5 Å². The Balaban J connectivity index is 2.16. The third kappa shape index (κ3) is 3.96. The molecule has 0 aliphatic heterocycles. The number of aromatic nitrogens is 1. The molecule has 0 saturated heterocycles. The summed E-state index contributed by atoms with van der Waals surface area (Å²) in [5.41, 5.74) is 1.77. The Hall–Kier alpha value is -2.19. The molecule has 0 aliphatic carbocycles. The highest BCUT2D eigenvalue weighted by Gasteiger charge is 2.23. The fourth-order valence-electron chi connectivity index (χ4n) is 2.80. The zero-order valence-electron chi connectivity index (χ0n) is 15.7. The summed E-state index contributed by atoms with van der Waals surface area (Å²) in [7, 11) is -3.49. The van der Waals surface area contributed by atoms with Crippen LogP contribution in [0.5, 0.6) is 0 Å². The van der Waals surface area contributed by atoms with Crippen molar-refractivity contribution in [1.82, 2.24) is 14.8 Å². The first-order valence-electron chi connectivity index (χ1n) is 8.56. The molecule has 0 saturated carbocycles. The Labute approximate surface area is 154 Å². The summed E-state index contributed by atoms with van der Waals surface area (Å²) >= 11 is 0. The van der Waals surface area contributed by atoms with E-state index in [9.17, 15) is 13.2 Å². The van der Waals surface area contributed by atoms with E-state index in [1.54, 1.807) is 38.1 Å². The van der Waals surface area contributed by atoms with E-state index in [-0.39, 0.29) is 16.8 Å². The van der Waals surface area contributed by atoms with Gasteiger partial charge >= 0.3 is 0 Å². The molecule has 7 nitrogen and oxygen atoms in total. The topological polar surface area (TPSA) is 92.5 Å². The smallest absolute Gasteiger partial charge is 0.257 e. The van der Waals surface area contributed by atoms with Crippen molar-refractivity contribution in [2.45, 2.75) is 45.6 Å². The summed E-state index contributed by atoms with van der Waals surface area (Å²) in [5.74, 6) is 0.196. The van der Waals surface area contributed by atoms with E-state index in [0.29, 0.717) is 30.1 Å². The first-order valence-corrected chi connectivity index (χ1v) is 10.00. The summed E-state index contributed by atoms with van der Waals surface area (Å²) in [4.78, 5) is 12.7. The van der Waals surface area contributed by atoms with E-state index < -0.39 is 10.0 Å². The highest BCUT2D eigenvalue weighted by atomic mass is 32.2. The van der Waals surface area contributed by atoms with Gasteiger partial charge in [0.2, 0.25) is 10.0 Å². The molecule has 1 atom stereocenters. The lowest BCUT2D eigenvalue weighted by Crippen LogP contribution is -2.30. The summed E-state index contributed by atoms with van der Waals surface area (Å²) < 4.78 is 31.5. The lowest BCUT2D eigenvalue weighted by molar-refractivity contribution is 0.0938. The maximum atomic E-state index is 12.5. The minimum absolute atomic E-state index is 0.245. The summed E-state index contributed by atoms with van der Waals surface area (Å²) in [6, 6.07) is 6.29. The molecular formula is C18H25N3O4S. The quantitative estimate of drug-likeness (QED) is 0.798. The standard InChI is InChI=1S/C18H25N3O4S/c1-6-21(7-2)26(23,24)16-10-8-15(9-11-16)12(3)19-18(22)17-13(4)20-25-14(17)5/h8-12H,6-7H2,1-5H3,(H,19,22)/t12-/m1/s1. The molecule has 0 bridgehead atoms. The summed E-state index contributed by atoms with van der Waals surface area (Å²) in [5, 5.41) is 6.67. The second-order valence-electron chi connectivity index (χ2n) is 6.05. The van der Waals surface area contributed by atoms with Gasteiger partial charge in [0.15, 0.2) is 0 Å². The van der Waals surface area contributed by atoms with Crippen molar-refractivity contribution in [3.05, 3.63) is 46.8 Å². The highest BCUT2D eigenvalue weighted by molar-refractivity contribution is 7.89. The van der Waals surface area contributed by atoms with E-state index >= 15 is 0 Å². The van der Waals surface area contributed by atoms with E-state index in [2.05, 4.69) is 10.5 Å². The fourth-order valence-corrected chi connectivity index (χ4v) is 4.26. The van der Waals surface area contributed by atoms with Crippen LogP contribution in [0.1, 0.15) is 54.2 Å². The number of sulfonamides is 1. The van der Waals surface area contributed by atoms with Gasteiger partial charge in [-0.15, -0.1) is 0 Å². The molecular weight excluding hydrogens is 354 g/mol. The van der Waals surface area contributed by atoms with Crippen molar-refractivity contribution in [1.29, 1.82) is 0 Å². The Morgan fingerprint density at radius 2 is 1.77 bits per heavy atom. The summed E-state index contributed by atoms with van der Waals surface area (Å²) in [6.07, 6.45) is 0. The Bertz CT molecular complexity index is 849. The third-order valence-electron chi connectivity index (χ3n) is 4.33. The molecule has 0 fully saturated rings. The lowest BCUT2D eigenvalue weighted by Gasteiger charge is -2.19. The fraction of sp³-hybridized carbons (Fsp3) is 0.444. The molecule has 142 valence electrons. The van der Waals surface area contributed by atoms with Crippen LogP contribution >= 0.6 is 0 Å². The van der Waals surface area contributed by atoms with Crippen molar-refractivity contribution in [3.63, 3.8) is 0 Å². The molecule has 0 unspecified atom stereocenters. The van der Waals surface area contributed by atoms with Gasteiger partial charge in [0.1, 0.15) is 11.3 Å². The number of benzene rings is 1. The Kier molecular flexibility index (Phi) is 6.20. The number of nitrogens with zero attached hydrogens (tertiary/aromatic N) is 2. The van der Waals surface area contributed by atoms with Crippen LogP contribution in [0, 0.1) is 13.8 Å². The van der Waals surface area contributed by atoms with Crippen LogP contribution in [0.4, 0.5) is 0 Å². The number of amides is 1. The number of carbonyl (C=O) groups excluding carboxylic acids is 1. The molecule has 0 radical (unpaired) electrons. The normalized spacial score (nSPS) is 13.0. The first-order chi connectivity index (χ1) is 12.2. The minimum atomic E-state index is -3.49. The van der Waals surface area contributed by atoms with Crippen LogP contribution in [0.2, 0.25) is 0 Å². The first kappa shape index (κ1) is 20.1. The molecule has 0 aliphatic rings. The molecule has 8 heteroatoms. The molecule has 2 rings (SSSR count). The van der Waals surface area contributed by atoms with Crippen molar-refractivity contribution in [3.8, 4) is 0 Å². The van der Waals surface area contributed by atoms with Gasteiger partial charge < -0.3 is 9.84 Å².